The van der Waals surface area contributed by atoms with Crippen molar-refractivity contribution >= 4 is 45.7 Å². The van der Waals surface area contributed by atoms with Gasteiger partial charge in [0.05, 0.1) is 24.4 Å². The Labute approximate surface area is 306 Å². The van der Waals surface area contributed by atoms with E-state index in [-0.39, 0.29) is 51.7 Å². The number of sulfonamides is 1. The summed E-state index contributed by atoms with van der Waals surface area (Å²) in [6.45, 7) is -0.196. The molecule has 2 saturated carbocycles. The van der Waals surface area contributed by atoms with Gasteiger partial charge >= 0.3 is 12.1 Å². The SMILES string of the molecule is N[C@H](CCC(=O)O)C(=O)N[C@H]1CCCCC/C=C\C2CC2(C(=O)NS(=O)(=O)C2CC2)NC(=O)C2C[C@@H](OC(=O)N3Cc4cccc(F)c4C3)CN2C1=O. The van der Waals surface area contributed by atoms with Crippen LogP contribution in [0.25, 0.3) is 0 Å². The van der Waals surface area contributed by atoms with Gasteiger partial charge in [0.2, 0.25) is 27.7 Å². The largest absolute Gasteiger partial charge is 0.481 e. The van der Waals surface area contributed by atoms with Gasteiger partial charge in [-0.3, -0.25) is 33.6 Å². The summed E-state index contributed by atoms with van der Waals surface area (Å²) in [4.78, 5) is 82.0. The highest BCUT2D eigenvalue weighted by Gasteiger charge is 2.62. The van der Waals surface area contributed by atoms with E-state index in [4.69, 9.17) is 15.6 Å². The van der Waals surface area contributed by atoms with Crippen molar-refractivity contribution in [3.63, 3.8) is 0 Å². The van der Waals surface area contributed by atoms with Crippen LogP contribution in [0.2, 0.25) is 0 Å². The van der Waals surface area contributed by atoms with Crippen molar-refractivity contribution in [3.05, 3.63) is 47.3 Å². The quantitative estimate of drug-likeness (QED) is 0.222. The number of nitrogens with one attached hydrogen (secondary N) is 3. The first-order valence-corrected chi connectivity index (χ1v) is 19.6. The van der Waals surface area contributed by atoms with Crippen LogP contribution in [-0.2, 0) is 51.8 Å². The molecule has 3 unspecified atom stereocenters. The maximum absolute atomic E-state index is 14.4. The fourth-order valence-corrected chi connectivity index (χ4v) is 8.63. The molecule has 5 aliphatic rings. The predicted molar refractivity (Wildman–Crippen MR) is 184 cm³/mol. The fourth-order valence-electron chi connectivity index (χ4n) is 7.26. The van der Waals surface area contributed by atoms with Crippen molar-refractivity contribution in [2.75, 3.05) is 6.54 Å². The Hall–Kier alpha value is -4.58. The number of nitrogens with zero attached hydrogens (tertiary/aromatic N) is 2. The van der Waals surface area contributed by atoms with Crippen LogP contribution in [0.5, 0.6) is 0 Å². The molecule has 1 aromatic carbocycles. The molecule has 16 nitrogen and oxygen atoms in total. The maximum atomic E-state index is 14.4. The Bertz CT molecular complexity index is 1800. The van der Waals surface area contributed by atoms with E-state index < -0.39 is 92.5 Å². The van der Waals surface area contributed by atoms with Crippen LogP contribution >= 0.6 is 0 Å². The fraction of sp³-hybridized carbons (Fsp3) is 0.600. The summed E-state index contributed by atoms with van der Waals surface area (Å²) < 4.78 is 47.8. The highest BCUT2D eigenvalue weighted by atomic mass is 32.2. The number of ether oxygens (including phenoxy) is 1. The number of amides is 5. The molecule has 1 aromatic rings. The van der Waals surface area contributed by atoms with Gasteiger partial charge in [0.25, 0.3) is 5.91 Å². The summed E-state index contributed by atoms with van der Waals surface area (Å²) in [5, 5.41) is 13.7. The number of aliphatic carboxylic acids is 1. The molecule has 53 heavy (non-hydrogen) atoms. The molecule has 18 heteroatoms. The van der Waals surface area contributed by atoms with Gasteiger partial charge in [-0.25, -0.2) is 17.6 Å². The van der Waals surface area contributed by atoms with Crippen molar-refractivity contribution in [1.82, 2.24) is 25.2 Å². The summed E-state index contributed by atoms with van der Waals surface area (Å²) in [5.74, 6) is -5.19. The molecule has 0 aromatic heterocycles. The molecule has 6 N–H and O–H groups in total. The molecule has 6 atom stereocenters. The van der Waals surface area contributed by atoms with E-state index in [1.807, 2.05) is 6.08 Å². The lowest BCUT2D eigenvalue weighted by atomic mass is 10.0. The van der Waals surface area contributed by atoms with Gasteiger partial charge in [0, 0.05) is 30.9 Å². The lowest BCUT2D eigenvalue weighted by molar-refractivity contribution is -0.142. The van der Waals surface area contributed by atoms with Gasteiger partial charge in [-0.15, -0.1) is 0 Å². The lowest BCUT2D eigenvalue weighted by Gasteiger charge is -2.30. The first kappa shape index (κ1) is 38.2. The van der Waals surface area contributed by atoms with Crippen LogP contribution in [0.15, 0.2) is 30.4 Å². The third kappa shape index (κ3) is 8.64. The second-order valence-corrected chi connectivity index (χ2v) is 16.6. The monoisotopic (exact) mass is 760 g/mol. The number of benzene rings is 1. The highest BCUT2D eigenvalue weighted by Crippen LogP contribution is 2.46. The van der Waals surface area contributed by atoms with Crippen molar-refractivity contribution in [1.29, 1.82) is 0 Å². The molecule has 2 aliphatic carbocycles. The molecule has 0 radical (unpaired) electrons. The second-order valence-electron chi connectivity index (χ2n) is 14.6. The summed E-state index contributed by atoms with van der Waals surface area (Å²) in [6, 6.07) is 0.841. The van der Waals surface area contributed by atoms with Gasteiger partial charge in [0.1, 0.15) is 29.5 Å². The number of carboxylic acids is 1. The van der Waals surface area contributed by atoms with Gasteiger partial charge in [0.15, 0.2) is 0 Å². The van der Waals surface area contributed by atoms with Crippen molar-refractivity contribution in [3.8, 4) is 0 Å². The van der Waals surface area contributed by atoms with Gasteiger partial charge in [-0.05, 0) is 56.6 Å². The number of nitrogens with two attached hydrogens (primary N) is 1. The molecule has 0 spiro atoms. The van der Waals surface area contributed by atoms with Crippen LogP contribution in [0.1, 0.15) is 81.8 Å². The first-order valence-electron chi connectivity index (χ1n) is 18.0. The molecule has 3 aliphatic heterocycles. The topological polar surface area (TPSA) is 235 Å². The minimum absolute atomic E-state index is 0.0351. The number of hydrogen-bond acceptors (Lipinski definition) is 10. The van der Waals surface area contributed by atoms with E-state index in [9.17, 15) is 41.6 Å². The van der Waals surface area contributed by atoms with Crippen LogP contribution in [0.3, 0.4) is 0 Å². The van der Waals surface area contributed by atoms with E-state index in [2.05, 4.69) is 15.4 Å². The Balaban J connectivity index is 1.24. The Kier molecular flexibility index (Phi) is 11.1. The average Bonchev–Trinajstić information content (AvgIpc) is 3.99. The number of rotatable bonds is 9. The standard InChI is InChI=1S/C35H45FN6O10S/c36-25-9-6-7-20-17-41(19-24(20)25)34(49)52-22-15-28-31(46)39-35(33(48)40-53(50,51)23-11-12-23)16-21(35)8-4-2-1-3-5-10-27(32(47)42(28)18-22)38-30(45)26(37)13-14-29(43)44/h4,6-9,21-23,26-28H,1-3,5,10-19,37H2,(H,38,45)(H,39,46)(H,40,48)(H,43,44)/b8-4-/t21?,22-,26-,27+,28?,35?/m1/s1. The van der Waals surface area contributed by atoms with Gasteiger partial charge in [-0.1, -0.05) is 37.1 Å². The van der Waals surface area contributed by atoms with Crippen molar-refractivity contribution in [2.24, 2.45) is 11.7 Å². The number of fused-ring (bicyclic) bond motifs is 3. The molecular formula is C35H45FN6O10S. The van der Waals surface area contributed by atoms with Crippen molar-refractivity contribution < 1.29 is 51.4 Å². The molecule has 288 valence electrons. The average molecular weight is 761 g/mol. The van der Waals surface area contributed by atoms with E-state index >= 15 is 0 Å². The Morgan fingerprint density at radius 3 is 2.60 bits per heavy atom. The summed E-state index contributed by atoms with van der Waals surface area (Å²) in [6.07, 6.45) is 4.73. The normalized spacial score (nSPS) is 28.6. The zero-order valence-corrected chi connectivity index (χ0v) is 29.9. The van der Waals surface area contributed by atoms with Gasteiger partial charge in [-0.2, -0.15) is 0 Å². The van der Waals surface area contributed by atoms with Crippen LogP contribution < -0.4 is 21.1 Å². The predicted octanol–water partition coefficient (Wildman–Crippen LogP) is 0.928. The first-order chi connectivity index (χ1) is 25.2. The smallest absolute Gasteiger partial charge is 0.410 e. The molecular weight excluding hydrogens is 715 g/mol. The molecule has 0 bridgehead atoms. The number of hydrogen-bond donors (Lipinski definition) is 5. The minimum atomic E-state index is -3.95. The third-order valence-corrected chi connectivity index (χ3v) is 12.4. The van der Waals surface area contributed by atoms with Crippen LogP contribution in [0, 0.1) is 11.7 Å². The minimum Gasteiger partial charge on any atom is -0.481 e. The van der Waals surface area contributed by atoms with E-state index in [1.165, 1.54) is 21.9 Å². The van der Waals surface area contributed by atoms with Crippen LogP contribution in [-0.4, -0.2) is 101 Å². The maximum Gasteiger partial charge on any atom is 0.410 e. The Morgan fingerprint density at radius 2 is 1.89 bits per heavy atom. The Morgan fingerprint density at radius 1 is 1.11 bits per heavy atom. The number of carbonyl (C=O) groups excluding carboxylic acids is 5. The third-order valence-electron chi connectivity index (χ3n) is 10.6. The lowest BCUT2D eigenvalue weighted by Crippen LogP contribution is -2.59. The number of carboxylic acid groups (broad SMARTS) is 1. The number of allylic oxidation sites excluding steroid dienone is 1. The molecule has 5 amide bonds. The van der Waals surface area contributed by atoms with Crippen molar-refractivity contribution in [2.45, 2.75) is 119 Å². The van der Waals surface area contributed by atoms with Crippen LogP contribution in [0.4, 0.5) is 9.18 Å². The number of carbonyl (C=O) groups is 6. The summed E-state index contributed by atoms with van der Waals surface area (Å²) >= 11 is 0. The molecule has 6 rings (SSSR count). The zero-order chi connectivity index (χ0) is 38.1. The molecule has 3 heterocycles. The highest BCUT2D eigenvalue weighted by molar-refractivity contribution is 7.91. The summed E-state index contributed by atoms with van der Waals surface area (Å²) in [5.41, 5.74) is 5.33. The van der Waals surface area contributed by atoms with E-state index in [0.29, 0.717) is 49.7 Å². The second kappa shape index (κ2) is 15.4. The number of halogens is 1. The van der Waals surface area contributed by atoms with E-state index in [1.54, 1.807) is 12.1 Å². The summed E-state index contributed by atoms with van der Waals surface area (Å²) in [7, 11) is -3.95. The zero-order valence-electron chi connectivity index (χ0n) is 29.1. The van der Waals surface area contributed by atoms with Gasteiger partial charge < -0.3 is 31.1 Å². The van der Waals surface area contributed by atoms with E-state index in [0.717, 1.165) is 0 Å². The molecule has 1 saturated heterocycles. The molecule has 3 fully saturated rings.